The molecule has 1 atom stereocenters. The molecule has 0 aromatic rings. The molecular formula is C18H36N2O. The van der Waals surface area contributed by atoms with Crippen LogP contribution in [0.15, 0.2) is 0 Å². The minimum atomic E-state index is -0.0390. The summed E-state index contributed by atoms with van der Waals surface area (Å²) in [5.41, 5.74) is 6.44. The summed E-state index contributed by atoms with van der Waals surface area (Å²) in [6.07, 6.45) is 19.8. The molecule has 124 valence electrons. The zero-order valence-corrected chi connectivity index (χ0v) is 14.1. The van der Waals surface area contributed by atoms with Gasteiger partial charge in [-0.2, -0.15) is 0 Å². The third-order valence-electron chi connectivity index (χ3n) is 5.31. The van der Waals surface area contributed by atoms with Crippen LogP contribution in [0, 0.1) is 5.92 Å². The van der Waals surface area contributed by atoms with E-state index < -0.39 is 0 Å². The van der Waals surface area contributed by atoms with Crippen LogP contribution in [0.5, 0.6) is 0 Å². The van der Waals surface area contributed by atoms with Gasteiger partial charge in [0.05, 0.1) is 6.61 Å². The highest BCUT2D eigenvalue weighted by Crippen LogP contribution is 2.38. The monoisotopic (exact) mass is 296 g/mol. The largest absolute Gasteiger partial charge is 0.352 e. The van der Waals surface area contributed by atoms with Gasteiger partial charge in [0.1, 0.15) is 0 Å². The van der Waals surface area contributed by atoms with Gasteiger partial charge < -0.3 is 4.74 Å². The number of epoxide rings is 1. The maximum atomic E-state index is 5.79. The van der Waals surface area contributed by atoms with Gasteiger partial charge in [-0.3, -0.25) is 5.43 Å². The molecule has 0 aromatic heterocycles. The Morgan fingerprint density at radius 1 is 0.714 bits per heavy atom. The quantitative estimate of drug-likeness (QED) is 0.593. The molecule has 1 aliphatic heterocycles. The second kappa shape index (κ2) is 9.81. The van der Waals surface area contributed by atoms with E-state index in [2.05, 4.69) is 10.9 Å². The molecule has 2 aliphatic rings. The molecule has 0 spiro atoms. The maximum absolute atomic E-state index is 5.79. The number of nitrogens with one attached hydrogen (secondary N) is 2. The third kappa shape index (κ3) is 6.25. The van der Waals surface area contributed by atoms with Crippen molar-refractivity contribution in [2.45, 2.75) is 95.6 Å². The summed E-state index contributed by atoms with van der Waals surface area (Å²) >= 11 is 0. The van der Waals surface area contributed by atoms with E-state index in [9.17, 15) is 0 Å². The first kappa shape index (κ1) is 17.2. The molecule has 2 fully saturated rings. The van der Waals surface area contributed by atoms with Gasteiger partial charge >= 0.3 is 0 Å². The summed E-state index contributed by atoms with van der Waals surface area (Å²) in [6.45, 7) is 0.887. The van der Waals surface area contributed by atoms with Crippen molar-refractivity contribution in [3.8, 4) is 0 Å². The lowest BCUT2D eigenvalue weighted by Gasteiger charge is -2.25. The zero-order chi connectivity index (χ0) is 14.8. The Hall–Kier alpha value is -0.120. The van der Waals surface area contributed by atoms with Crippen LogP contribution in [0.25, 0.3) is 0 Å². The average molecular weight is 296 g/mol. The van der Waals surface area contributed by atoms with Gasteiger partial charge in [0, 0.05) is 5.92 Å². The molecule has 0 amide bonds. The first-order chi connectivity index (χ1) is 10.4. The minimum absolute atomic E-state index is 0.0390. The van der Waals surface area contributed by atoms with Crippen molar-refractivity contribution in [2.75, 3.05) is 13.7 Å². The van der Waals surface area contributed by atoms with Gasteiger partial charge in [-0.15, -0.1) is 0 Å². The van der Waals surface area contributed by atoms with Gasteiger partial charge in [0.2, 0.25) is 0 Å². The smallest absolute Gasteiger partial charge is 0.158 e. The van der Waals surface area contributed by atoms with E-state index >= 15 is 0 Å². The van der Waals surface area contributed by atoms with Gasteiger partial charge in [0.25, 0.3) is 0 Å². The van der Waals surface area contributed by atoms with Crippen LogP contribution in [-0.4, -0.2) is 19.4 Å². The van der Waals surface area contributed by atoms with Crippen molar-refractivity contribution in [1.82, 2.24) is 10.9 Å². The number of hydrogen-bond donors (Lipinski definition) is 2. The summed E-state index contributed by atoms with van der Waals surface area (Å²) in [5, 5.41) is 0. The Kier molecular flexibility index (Phi) is 8.05. The lowest BCUT2D eigenvalue weighted by Crippen LogP contribution is -2.46. The molecule has 0 aromatic carbocycles. The third-order valence-corrected chi connectivity index (χ3v) is 5.31. The topological polar surface area (TPSA) is 36.6 Å². The standard InChI is InChI=1S/C18H36N2O/c1-19-20-18(16-21-18)17-14-12-10-8-6-4-2-3-5-7-9-11-13-15-17/h17,19-20H,2-16H2,1H3. The number of hydrogen-bond acceptors (Lipinski definition) is 3. The summed E-state index contributed by atoms with van der Waals surface area (Å²) in [4.78, 5) is 0. The second-order valence-corrected chi connectivity index (χ2v) is 7.07. The molecule has 1 heterocycles. The summed E-state index contributed by atoms with van der Waals surface area (Å²) in [6, 6.07) is 0. The number of rotatable bonds is 3. The molecule has 1 aliphatic carbocycles. The fraction of sp³-hybridized carbons (Fsp3) is 1.00. The molecule has 2 N–H and O–H groups in total. The molecule has 3 nitrogen and oxygen atoms in total. The van der Waals surface area contributed by atoms with Crippen LogP contribution in [0.2, 0.25) is 0 Å². The van der Waals surface area contributed by atoms with Crippen molar-refractivity contribution in [2.24, 2.45) is 5.92 Å². The lowest BCUT2D eigenvalue weighted by atomic mass is 9.88. The molecular weight excluding hydrogens is 260 g/mol. The fourth-order valence-corrected chi connectivity index (χ4v) is 3.86. The van der Waals surface area contributed by atoms with Crippen LogP contribution in [-0.2, 0) is 4.74 Å². The predicted molar refractivity (Wildman–Crippen MR) is 89.0 cm³/mol. The fourth-order valence-electron chi connectivity index (χ4n) is 3.86. The molecule has 21 heavy (non-hydrogen) atoms. The van der Waals surface area contributed by atoms with Gasteiger partial charge in [-0.1, -0.05) is 77.0 Å². The molecule has 1 saturated heterocycles. The summed E-state index contributed by atoms with van der Waals surface area (Å²) in [7, 11) is 1.95. The highest BCUT2D eigenvalue weighted by Gasteiger charge is 2.50. The van der Waals surface area contributed by atoms with Crippen LogP contribution in [0.4, 0.5) is 0 Å². The average Bonchev–Trinajstić information content (AvgIpc) is 3.25. The van der Waals surface area contributed by atoms with E-state index in [1.165, 1.54) is 89.9 Å². The Morgan fingerprint density at radius 3 is 1.43 bits per heavy atom. The van der Waals surface area contributed by atoms with Crippen LogP contribution in [0.3, 0.4) is 0 Å². The molecule has 2 rings (SSSR count). The zero-order valence-electron chi connectivity index (χ0n) is 14.1. The Morgan fingerprint density at radius 2 is 1.10 bits per heavy atom. The van der Waals surface area contributed by atoms with Crippen molar-refractivity contribution in [3.63, 3.8) is 0 Å². The first-order valence-electron chi connectivity index (χ1n) is 9.45. The predicted octanol–water partition coefficient (Wildman–Crippen LogP) is 4.53. The highest BCUT2D eigenvalue weighted by molar-refractivity contribution is 4.94. The Labute approximate surface area is 131 Å². The van der Waals surface area contributed by atoms with E-state index in [0.29, 0.717) is 5.92 Å². The van der Waals surface area contributed by atoms with Crippen LogP contribution < -0.4 is 10.9 Å². The van der Waals surface area contributed by atoms with Crippen molar-refractivity contribution in [3.05, 3.63) is 0 Å². The van der Waals surface area contributed by atoms with E-state index in [4.69, 9.17) is 4.74 Å². The molecule has 0 radical (unpaired) electrons. The lowest BCUT2D eigenvalue weighted by molar-refractivity contribution is 0.138. The van der Waals surface area contributed by atoms with E-state index in [-0.39, 0.29) is 5.72 Å². The first-order valence-corrected chi connectivity index (χ1v) is 9.45. The van der Waals surface area contributed by atoms with E-state index in [1.807, 2.05) is 7.05 Å². The van der Waals surface area contributed by atoms with E-state index in [0.717, 1.165) is 6.61 Å². The molecule has 1 unspecified atom stereocenters. The SMILES string of the molecule is CNNC1(C2CCCCCCCCCCCCCC2)CO1. The summed E-state index contributed by atoms with van der Waals surface area (Å²) < 4.78 is 5.79. The van der Waals surface area contributed by atoms with Crippen LogP contribution in [0.1, 0.15) is 89.9 Å². The Balaban J connectivity index is 1.77. The van der Waals surface area contributed by atoms with Crippen molar-refractivity contribution >= 4 is 0 Å². The number of ether oxygens (including phenoxy) is 1. The molecule has 1 saturated carbocycles. The van der Waals surface area contributed by atoms with E-state index in [1.54, 1.807) is 0 Å². The number of hydrazine groups is 1. The highest BCUT2D eigenvalue weighted by atomic mass is 16.6. The Bertz CT molecular complexity index is 250. The van der Waals surface area contributed by atoms with Gasteiger partial charge in [-0.05, 0) is 19.9 Å². The minimum Gasteiger partial charge on any atom is -0.352 e. The maximum Gasteiger partial charge on any atom is 0.158 e. The van der Waals surface area contributed by atoms with Crippen molar-refractivity contribution in [1.29, 1.82) is 0 Å². The summed E-state index contributed by atoms with van der Waals surface area (Å²) in [5.74, 6) is 0.690. The van der Waals surface area contributed by atoms with Crippen LogP contribution >= 0.6 is 0 Å². The van der Waals surface area contributed by atoms with Crippen molar-refractivity contribution < 1.29 is 4.74 Å². The molecule has 3 heteroatoms. The second-order valence-electron chi connectivity index (χ2n) is 7.07. The molecule has 0 bridgehead atoms. The normalized spacial score (nSPS) is 31.3. The van der Waals surface area contributed by atoms with Gasteiger partial charge in [0.15, 0.2) is 5.72 Å². The van der Waals surface area contributed by atoms with Gasteiger partial charge in [-0.25, -0.2) is 5.43 Å².